The van der Waals surface area contributed by atoms with Crippen molar-refractivity contribution >= 4 is 17.3 Å². The highest BCUT2D eigenvalue weighted by atomic mass is 35.5. The van der Waals surface area contributed by atoms with Gasteiger partial charge in [-0.05, 0) is 60.8 Å². The summed E-state index contributed by atoms with van der Waals surface area (Å²) in [5.41, 5.74) is 11.2. The van der Waals surface area contributed by atoms with Gasteiger partial charge < -0.3 is 4.74 Å². The van der Waals surface area contributed by atoms with Crippen LogP contribution in [-0.4, -0.2) is 0 Å². The number of aryl methyl sites for hydroxylation is 2. The summed E-state index contributed by atoms with van der Waals surface area (Å²) >= 11 is 6.08. The molecule has 0 atom stereocenters. The van der Waals surface area contributed by atoms with Crippen LogP contribution in [0.25, 0.3) is 10.4 Å². The molecular weight excluding hydrogens is 262 g/mol. The molecule has 0 heterocycles. The molecule has 2 aromatic rings. The summed E-state index contributed by atoms with van der Waals surface area (Å²) in [6.07, 6.45) is 0. The quantitative estimate of drug-likeness (QED) is 0.402. The normalized spacial score (nSPS) is 9.84. The lowest BCUT2D eigenvalue weighted by Crippen LogP contribution is -1.87. The Hall–Kier alpha value is -2.16. The maximum absolute atomic E-state index is 8.36. The van der Waals surface area contributed by atoms with Crippen LogP contribution in [-0.2, 0) is 0 Å². The molecule has 0 bridgehead atoms. The molecule has 5 heteroatoms. The van der Waals surface area contributed by atoms with E-state index < -0.39 is 0 Å². The molecular formula is C14H12ClN3O. The van der Waals surface area contributed by atoms with Crippen LogP contribution in [0.5, 0.6) is 11.5 Å². The molecule has 0 spiro atoms. The number of rotatable bonds is 3. The van der Waals surface area contributed by atoms with E-state index in [-0.39, 0.29) is 0 Å². The standard InChI is InChI=1S/C14H12ClN3O/c1-9-3-5-12(7-10(9)2)19-14-6-4-11(17-18-16)8-13(14)15/h3-8H,1-2H3. The Morgan fingerprint density at radius 2 is 1.89 bits per heavy atom. The number of benzene rings is 2. The molecule has 0 amide bonds. The summed E-state index contributed by atoms with van der Waals surface area (Å²) in [5, 5.41) is 3.89. The van der Waals surface area contributed by atoms with Crippen molar-refractivity contribution in [2.24, 2.45) is 5.11 Å². The van der Waals surface area contributed by atoms with Crippen molar-refractivity contribution in [3.8, 4) is 11.5 Å². The topological polar surface area (TPSA) is 58.0 Å². The number of ether oxygens (including phenoxy) is 1. The fourth-order valence-corrected chi connectivity index (χ4v) is 1.80. The molecule has 2 aromatic carbocycles. The van der Waals surface area contributed by atoms with Gasteiger partial charge in [0, 0.05) is 10.6 Å². The zero-order valence-corrected chi connectivity index (χ0v) is 11.3. The van der Waals surface area contributed by atoms with E-state index in [4.69, 9.17) is 21.9 Å². The van der Waals surface area contributed by atoms with E-state index in [0.717, 1.165) is 11.3 Å². The van der Waals surface area contributed by atoms with E-state index in [9.17, 15) is 0 Å². The minimum absolute atomic E-state index is 0.406. The third kappa shape index (κ3) is 3.19. The molecule has 0 fully saturated rings. The average molecular weight is 274 g/mol. The molecule has 0 N–H and O–H groups in total. The van der Waals surface area contributed by atoms with Gasteiger partial charge in [-0.2, -0.15) is 0 Å². The van der Waals surface area contributed by atoms with Crippen molar-refractivity contribution in [3.63, 3.8) is 0 Å². The Bertz CT molecular complexity index is 664. The van der Waals surface area contributed by atoms with Gasteiger partial charge >= 0.3 is 0 Å². The molecule has 2 rings (SSSR count). The van der Waals surface area contributed by atoms with E-state index in [0.29, 0.717) is 16.5 Å². The molecule has 96 valence electrons. The maximum atomic E-state index is 8.36. The second-order valence-corrected chi connectivity index (χ2v) is 4.56. The summed E-state index contributed by atoms with van der Waals surface area (Å²) in [4.78, 5) is 2.71. The SMILES string of the molecule is Cc1ccc(Oc2ccc(N=[N+]=[N-])cc2Cl)cc1C. The third-order valence-corrected chi connectivity index (χ3v) is 3.08. The van der Waals surface area contributed by atoms with Gasteiger partial charge in [0.2, 0.25) is 0 Å². The van der Waals surface area contributed by atoms with Crippen LogP contribution in [0.15, 0.2) is 41.5 Å². The van der Waals surface area contributed by atoms with Crippen LogP contribution in [0.2, 0.25) is 5.02 Å². The van der Waals surface area contributed by atoms with E-state index in [1.54, 1.807) is 18.2 Å². The Balaban J connectivity index is 2.28. The molecule has 0 radical (unpaired) electrons. The lowest BCUT2D eigenvalue weighted by atomic mass is 10.1. The molecule has 0 aromatic heterocycles. The second-order valence-electron chi connectivity index (χ2n) is 4.15. The molecule has 0 aliphatic rings. The summed E-state index contributed by atoms with van der Waals surface area (Å²) in [5.74, 6) is 1.25. The molecule has 0 aliphatic carbocycles. The molecule has 0 saturated heterocycles. The monoisotopic (exact) mass is 273 g/mol. The van der Waals surface area contributed by atoms with Crippen molar-refractivity contribution < 1.29 is 4.74 Å². The van der Waals surface area contributed by atoms with Crippen molar-refractivity contribution in [3.05, 3.63) is 63.0 Å². The smallest absolute Gasteiger partial charge is 0.146 e. The largest absolute Gasteiger partial charge is 0.456 e. The molecule has 19 heavy (non-hydrogen) atoms. The minimum Gasteiger partial charge on any atom is -0.456 e. The number of hydrogen-bond donors (Lipinski definition) is 0. The number of azide groups is 1. The van der Waals surface area contributed by atoms with E-state index >= 15 is 0 Å². The first-order chi connectivity index (χ1) is 9.10. The second kappa shape index (κ2) is 5.65. The third-order valence-electron chi connectivity index (χ3n) is 2.78. The highest BCUT2D eigenvalue weighted by Crippen LogP contribution is 2.33. The highest BCUT2D eigenvalue weighted by molar-refractivity contribution is 6.32. The zero-order valence-electron chi connectivity index (χ0n) is 10.6. The highest BCUT2D eigenvalue weighted by Gasteiger charge is 2.05. The number of hydrogen-bond acceptors (Lipinski definition) is 2. The summed E-state index contributed by atoms with van der Waals surface area (Å²) < 4.78 is 5.71. The predicted octanol–water partition coefficient (Wildman–Crippen LogP) is 5.69. The van der Waals surface area contributed by atoms with Crippen LogP contribution in [0.3, 0.4) is 0 Å². The summed E-state index contributed by atoms with van der Waals surface area (Å²) in [6.45, 7) is 4.06. The van der Waals surface area contributed by atoms with Crippen LogP contribution in [0, 0.1) is 13.8 Å². The van der Waals surface area contributed by atoms with Gasteiger partial charge in [-0.15, -0.1) is 0 Å². The fourth-order valence-electron chi connectivity index (χ4n) is 1.59. The fraction of sp³-hybridized carbons (Fsp3) is 0.143. The molecule has 4 nitrogen and oxygen atoms in total. The van der Waals surface area contributed by atoms with Gasteiger partial charge in [-0.1, -0.05) is 22.8 Å². The zero-order chi connectivity index (χ0) is 13.8. The van der Waals surface area contributed by atoms with Crippen molar-refractivity contribution in [2.45, 2.75) is 13.8 Å². The first kappa shape index (κ1) is 13.3. The maximum Gasteiger partial charge on any atom is 0.146 e. The summed E-state index contributed by atoms with van der Waals surface area (Å²) in [6, 6.07) is 10.7. The number of nitrogens with zero attached hydrogens (tertiary/aromatic N) is 3. The van der Waals surface area contributed by atoms with Gasteiger partial charge in [0.15, 0.2) is 0 Å². The van der Waals surface area contributed by atoms with Crippen LogP contribution in [0.4, 0.5) is 5.69 Å². The Kier molecular flexibility index (Phi) is 3.95. The molecule has 0 aliphatic heterocycles. The van der Waals surface area contributed by atoms with Gasteiger partial charge in [0.1, 0.15) is 11.5 Å². The van der Waals surface area contributed by atoms with Crippen molar-refractivity contribution in [2.75, 3.05) is 0 Å². The summed E-state index contributed by atoms with van der Waals surface area (Å²) in [7, 11) is 0. The first-order valence-electron chi connectivity index (χ1n) is 5.70. The van der Waals surface area contributed by atoms with Gasteiger partial charge in [-0.3, -0.25) is 0 Å². The Labute approximate surface area is 116 Å². The number of halogens is 1. The van der Waals surface area contributed by atoms with Gasteiger partial charge in [0.25, 0.3) is 0 Å². The van der Waals surface area contributed by atoms with Crippen molar-refractivity contribution in [1.82, 2.24) is 0 Å². The lowest BCUT2D eigenvalue weighted by molar-refractivity contribution is 0.482. The van der Waals surface area contributed by atoms with Gasteiger partial charge in [-0.25, -0.2) is 0 Å². The van der Waals surface area contributed by atoms with Crippen LogP contribution in [0.1, 0.15) is 11.1 Å². The average Bonchev–Trinajstić information content (AvgIpc) is 2.37. The van der Waals surface area contributed by atoms with Crippen LogP contribution < -0.4 is 4.74 Å². The van der Waals surface area contributed by atoms with E-state index in [2.05, 4.69) is 10.0 Å². The molecule has 0 unspecified atom stereocenters. The van der Waals surface area contributed by atoms with E-state index in [1.165, 1.54) is 5.56 Å². The van der Waals surface area contributed by atoms with E-state index in [1.807, 2.05) is 32.0 Å². The Morgan fingerprint density at radius 3 is 2.53 bits per heavy atom. The van der Waals surface area contributed by atoms with Crippen molar-refractivity contribution in [1.29, 1.82) is 0 Å². The lowest BCUT2D eigenvalue weighted by Gasteiger charge is -2.09. The minimum atomic E-state index is 0.406. The first-order valence-corrected chi connectivity index (χ1v) is 6.07. The van der Waals surface area contributed by atoms with Gasteiger partial charge in [0.05, 0.1) is 5.02 Å². The van der Waals surface area contributed by atoms with Crippen LogP contribution >= 0.6 is 11.6 Å². The molecule has 0 saturated carbocycles. The predicted molar refractivity (Wildman–Crippen MR) is 76.2 cm³/mol. The Morgan fingerprint density at radius 1 is 1.11 bits per heavy atom.